The van der Waals surface area contributed by atoms with Crippen molar-refractivity contribution >= 4 is 29.0 Å². The number of rotatable bonds is 3. The number of primary amides is 1. The zero-order valence-electron chi connectivity index (χ0n) is 16.3. The van der Waals surface area contributed by atoms with Crippen LogP contribution in [-0.2, 0) is 0 Å². The molecule has 1 aliphatic heterocycles. The van der Waals surface area contributed by atoms with Crippen LogP contribution in [0.5, 0.6) is 0 Å². The van der Waals surface area contributed by atoms with Crippen molar-refractivity contribution < 1.29 is 14.7 Å². The molecule has 0 bridgehead atoms. The molecular weight excluding hydrogens is 388 g/mol. The van der Waals surface area contributed by atoms with Crippen LogP contribution in [-0.4, -0.2) is 62.7 Å². The average molecular weight is 408 g/mol. The van der Waals surface area contributed by atoms with E-state index in [0.29, 0.717) is 54.7 Å². The van der Waals surface area contributed by atoms with Gasteiger partial charge in [-0.15, -0.1) is 0 Å². The van der Waals surface area contributed by atoms with Gasteiger partial charge in [0.1, 0.15) is 0 Å². The zero-order valence-corrected chi connectivity index (χ0v) is 16.3. The molecular formula is C20H20N6O4. The Labute approximate surface area is 171 Å². The van der Waals surface area contributed by atoms with Gasteiger partial charge in [-0.3, -0.25) is 14.2 Å². The molecule has 3 N–H and O–H groups in total. The van der Waals surface area contributed by atoms with Gasteiger partial charge < -0.3 is 20.6 Å². The summed E-state index contributed by atoms with van der Waals surface area (Å²) >= 11 is 0. The summed E-state index contributed by atoms with van der Waals surface area (Å²) in [4.78, 5) is 47.6. The number of benzene rings is 1. The molecule has 2 aromatic heterocycles. The van der Waals surface area contributed by atoms with Crippen LogP contribution in [0.15, 0.2) is 41.2 Å². The van der Waals surface area contributed by atoms with Gasteiger partial charge in [-0.1, -0.05) is 0 Å². The number of piperazine rings is 1. The van der Waals surface area contributed by atoms with Crippen molar-refractivity contribution in [1.82, 2.24) is 19.4 Å². The number of carbonyl (C=O) groups is 2. The van der Waals surface area contributed by atoms with E-state index in [2.05, 4.69) is 9.97 Å². The number of carbonyl (C=O) groups excluding carboxylic acids is 1. The fourth-order valence-electron chi connectivity index (χ4n) is 3.51. The molecule has 4 rings (SSSR count). The molecule has 0 radical (unpaired) electrons. The number of anilines is 1. The minimum atomic E-state index is -0.946. The highest BCUT2D eigenvalue weighted by atomic mass is 16.4. The lowest BCUT2D eigenvalue weighted by Gasteiger charge is -2.33. The molecule has 10 heteroatoms. The number of pyridine rings is 1. The van der Waals surface area contributed by atoms with Crippen LogP contribution in [0.25, 0.3) is 16.7 Å². The monoisotopic (exact) mass is 408 g/mol. The molecule has 10 nitrogen and oxygen atoms in total. The summed E-state index contributed by atoms with van der Waals surface area (Å²) in [5.41, 5.74) is 7.07. The number of hydrogen-bond donors (Lipinski definition) is 2. The zero-order chi connectivity index (χ0) is 21.4. The maximum absolute atomic E-state index is 12.7. The topological polar surface area (TPSA) is 135 Å². The molecule has 154 valence electrons. The Morgan fingerprint density at radius 1 is 1.00 bits per heavy atom. The molecule has 1 aromatic carbocycles. The molecule has 0 atom stereocenters. The van der Waals surface area contributed by atoms with Crippen LogP contribution in [0.3, 0.4) is 0 Å². The number of amides is 2. The first-order valence-corrected chi connectivity index (χ1v) is 9.38. The number of nitrogens with two attached hydrogens (primary N) is 1. The molecule has 0 aliphatic carbocycles. The average Bonchev–Trinajstić information content (AvgIpc) is 2.73. The van der Waals surface area contributed by atoms with E-state index in [0.717, 1.165) is 5.39 Å². The predicted molar refractivity (Wildman–Crippen MR) is 110 cm³/mol. The first kappa shape index (κ1) is 19.4. The van der Waals surface area contributed by atoms with Crippen molar-refractivity contribution in [3.05, 3.63) is 58.0 Å². The van der Waals surface area contributed by atoms with E-state index in [9.17, 15) is 14.4 Å². The predicted octanol–water partition coefficient (Wildman–Crippen LogP) is 0.988. The minimum absolute atomic E-state index is 0.269. The molecule has 0 saturated carbocycles. The lowest BCUT2D eigenvalue weighted by molar-refractivity contribution is 0.1000. The number of nitrogens with zero attached hydrogens (tertiary/aromatic N) is 5. The van der Waals surface area contributed by atoms with E-state index in [1.165, 1.54) is 15.5 Å². The number of hydrogen-bond acceptors (Lipinski definition) is 6. The standard InChI is InChI=1S/C20H20N6O4/c1-12-15-6-7-16(27)26(14-4-2-13(3-5-14)17(21)28)18(15)23-19(22-12)24-8-10-25(11-9-24)20(29)30/h2-7H,8-11H2,1H3,(H2,21,28)(H,29,30). The summed E-state index contributed by atoms with van der Waals surface area (Å²) in [5, 5.41) is 9.86. The van der Waals surface area contributed by atoms with Crippen molar-refractivity contribution in [2.45, 2.75) is 6.92 Å². The van der Waals surface area contributed by atoms with Gasteiger partial charge in [-0.25, -0.2) is 9.78 Å². The SMILES string of the molecule is Cc1nc(N2CCN(C(=O)O)CC2)nc2c1ccc(=O)n2-c1ccc(C(N)=O)cc1. The molecule has 30 heavy (non-hydrogen) atoms. The lowest BCUT2D eigenvalue weighted by atomic mass is 10.2. The maximum atomic E-state index is 12.7. The van der Waals surface area contributed by atoms with Crippen molar-refractivity contribution in [2.75, 3.05) is 31.1 Å². The fourth-order valence-corrected chi connectivity index (χ4v) is 3.51. The van der Waals surface area contributed by atoms with Gasteiger partial charge in [0.25, 0.3) is 5.56 Å². The quantitative estimate of drug-likeness (QED) is 0.660. The summed E-state index contributed by atoms with van der Waals surface area (Å²) in [7, 11) is 0. The Morgan fingerprint density at radius 3 is 2.27 bits per heavy atom. The number of carboxylic acid groups (broad SMARTS) is 1. The molecule has 3 heterocycles. The lowest BCUT2D eigenvalue weighted by Crippen LogP contribution is -2.48. The number of aromatic nitrogens is 3. The van der Waals surface area contributed by atoms with Gasteiger partial charge in [0.15, 0.2) is 5.65 Å². The fraction of sp³-hybridized carbons (Fsp3) is 0.250. The van der Waals surface area contributed by atoms with Crippen LogP contribution >= 0.6 is 0 Å². The van der Waals surface area contributed by atoms with E-state index < -0.39 is 12.0 Å². The summed E-state index contributed by atoms with van der Waals surface area (Å²) < 4.78 is 1.46. The molecule has 1 fully saturated rings. The van der Waals surface area contributed by atoms with Crippen LogP contribution in [0.4, 0.5) is 10.7 Å². The van der Waals surface area contributed by atoms with E-state index in [1.807, 2.05) is 11.8 Å². The second-order valence-corrected chi connectivity index (χ2v) is 7.02. The van der Waals surface area contributed by atoms with Crippen molar-refractivity contribution in [1.29, 1.82) is 0 Å². The summed E-state index contributed by atoms with van der Waals surface area (Å²) in [5.74, 6) is -0.106. The second kappa shape index (κ2) is 7.47. The molecule has 0 spiro atoms. The van der Waals surface area contributed by atoms with Crippen LogP contribution < -0.4 is 16.2 Å². The highest BCUT2D eigenvalue weighted by molar-refractivity contribution is 5.93. The summed E-state index contributed by atoms with van der Waals surface area (Å²) in [6, 6.07) is 9.54. The second-order valence-electron chi connectivity index (χ2n) is 7.02. The Hall–Kier alpha value is -3.95. The van der Waals surface area contributed by atoms with E-state index in [-0.39, 0.29) is 5.56 Å². The Balaban J connectivity index is 1.80. The minimum Gasteiger partial charge on any atom is -0.465 e. The van der Waals surface area contributed by atoms with E-state index >= 15 is 0 Å². The number of fused-ring (bicyclic) bond motifs is 1. The largest absolute Gasteiger partial charge is 0.465 e. The van der Waals surface area contributed by atoms with Gasteiger partial charge in [0.05, 0.1) is 11.4 Å². The van der Waals surface area contributed by atoms with Crippen LogP contribution in [0.2, 0.25) is 0 Å². The van der Waals surface area contributed by atoms with Gasteiger partial charge in [0.2, 0.25) is 11.9 Å². The van der Waals surface area contributed by atoms with Crippen LogP contribution in [0.1, 0.15) is 16.1 Å². The normalized spacial score (nSPS) is 14.2. The van der Waals surface area contributed by atoms with Gasteiger partial charge >= 0.3 is 6.09 Å². The highest BCUT2D eigenvalue weighted by Gasteiger charge is 2.23. The third kappa shape index (κ3) is 3.43. The first-order valence-electron chi connectivity index (χ1n) is 9.38. The molecule has 3 aromatic rings. The van der Waals surface area contributed by atoms with Crippen molar-refractivity contribution in [2.24, 2.45) is 5.73 Å². The van der Waals surface area contributed by atoms with E-state index in [1.54, 1.807) is 30.3 Å². The molecule has 2 amide bonds. The Kier molecular flexibility index (Phi) is 4.82. The molecule has 0 unspecified atom stereocenters. The third-order valence-electron chi connectivity index (χ3n) is 5.17. The number of aryl methyl sites for hydroxylation is 1. The van der Waals surface area contributed by atoms with Gasteiger partial charge in [0, 0.05) is 43.2 Å². The first-order chi connectivity index (χ1) is 14.3. The van der Waals surface area contributed by atoms with Gasteiger partial charge in [-0.2, -0.15) is 4.98 Å². The van der Waals surface area contributed by atoms with Crippen molar-refractivity contribution in [3.63, 3.8) is 0 Å². The smallest absolute Gasteiger partial charge is 0.407 e. The van der Waals surface area contributed by atoms with Crippen molar-refractivity contribution in [3.8, 4) is 5.69 Å². The Morgan fingerprint density at radius 2 is 1.67 bits per heavy atom. The summed E-state index contributed by atoms with van der Waals surface area (Å²) in [6.07, 6.45) is -0.946. The maximum Gasteiger partial charge on any atom is 0.407 e. The highest BCUT2D eigenvalue weighted by Crippen LogP contribution is 2.21. The van der Waals surface area contributed by atoms with Crippen LogP contribution in [0, 0.1) is 6.92 Å². The third-order valence-corrected chi connectivity index (χ3v) is 5.17. The molecule has 1 saturated heterocycles. The van der Waals surface area contributed by atoms with E-state index in [4.69, 9.17) is 10.8 Å². The Bertz CT molecular complexity index is 1200. The summed E-state index contributed by atoms with van der Waals surface area (Å²) in [6.45, 7) is 3.47. The van der Waals surface area contributed by atoms with Gasteiger partial charge in [-0.05, 0) is 37.3 Å². The molecule has 1 aliphatic rings.